The summed E-state index contributed by atoms with van der Waals surface area (Å²) in [5, 5.41) is 0. The monoisotopic (exact) mass is 866 g/mol. The van der Waals surface area contributed by atoms with E-state index in [1.807, 2.05) is 0 Å². The van der Waals surface area contributed by atoms with E-state index in [1.54, 1.807) is 107 Å². The normalized spacial score (nSPS) is 19.4. The third kappa shape index (κ3) is 8.45. The van der Waals surface area contributed by atoms with Gasteiger partial charge in [0.1, 0.15) is 34.4 Å². The lowest BCUT2D eigenvalue weighted by Gasteiger charge is -2.46. The average molecular weight is 867 g/mol. The third-order valence-electron chi connectivity index (χ3n) is 11.0. The second-order valence-corrected chi connectivity index (χ2v) is 15.3. The van der Waals surface area contributed by atoms with Crippen molar-refractivity contribution in [1.29, 1.82) is 0 Å². The van der Waals surface area contributed by atoms with Crippen molar-refractivity contribution in [3.05, 3.63) is 191 Å². The molecule has 14 heteroatoms. The number of anilines is 6. The summed E-state index contributed by atoms with van der Waals surface area (Å²) in [5.74, 6) is -8.77. The van der Waals surface area contributed by atoms with E-state index < -0.39 is 58.7 Å². The van der Waals surface area contributed by atoms with E-state index in [1.165, 1.54) is 60.7 Å². The van der Waals surface area contributed by atoms with Gasteiger partial charge in [-0.05, 0) is 145 Å². The van der Waals surface area contributed by atoms with Crippen LogP contribution in [0.25, 0.3) is 12.2 Å². The van der Waals surface area contributed by atoms with Crippen LogP contribution in [0.2, 0.25) is 0 Å². The molecule has 0 aromatic heterocycles. The maximum Gasteiger partial charge on any atom is 0.348 e. The van der Waals surface area contributed by atoms with Gasteiger partial charge in [0.15, 0.2) is 0 Å². The summed E-state index contributed by atoms with van der Waals surface area (Å²) in [6.45, 7) is 0. The van der Waals surface area contributed by atoms with Gasteiger partial charge in [-0.2, -0.15) is 0 Å². The Morgan fingerprint density at radius 3 is 0.766 bits per heavy atom. The van der Waals surface area contributed by atoms with Crippen LogP contribution in [0.3, 0.4) is 0 Å². The van der Waals surface area contributed by atoms with Crippen LogP contribution in [0.1, 0.15) is 36.8 Å². The molecular formula is C50H34F4N2O8. The second-order valence-electron chi connectivity index (χ2n) is 15.3. The Bertz CT molecular complexity index is 2490. The molecular weight excluding hydrogens is 833 g/mol. The summed E-state index contributed by atoms with van der Waals surface area (Å²) >= 11 is 0. The maximum absolute atomic E-state index is 13.8. The first-order valence-corrected chi connectivity index (χ1v) is 20.0. The number of carbonyl (C=O) groups is 4. The van der Waals surface area contributed by atoms with Gasteiger partial charge in [-0.25, -0.2) is 36.7 Å². The van der Waals surface area contributed by atoms with Crippen LogP contribution in [0.15, 0.2) is 157 Å². The fourth-order valence-electron chi connectivity index (χ4n) is 7.79. The first kappa shape index (κ1) is 41.4. The smallest absolute Gasteiger partial charge is 0.348 e. The Kier molecular flexibility index (Phi) is 10.8. The Morgan fingerprint density at radius 1 is 0.344 bits per heavy atom. The first-order chi connectivity index (χ1) is 30.8. The summed E-state index contributed by atoms with van der Waals surface area (Å²) in [7, 11) is 0. The molecule has 0 radical (unpaired) electrons. The molecule has 0 amide bonds. The van der Waals surface area contributed by atoms with Crippen molar-refractivity contribution in [2.75, 3.05) is 9.80 Å². The molecule has 64 heavy (non-hydrogen) atoms. The van der Waals surface area contributed by atoms with Crippen LogP contribution in [0.5, 0.6) is 0 Å². The maximum atomic E-state index is 13.8. The van der Waals surface area contributed by atoms with E-state index in [-0.39, 0.29) is 36.8 Å². The van der Waals surface area contributed by atoms with Crippen molar-refractivity contribution in [3.63, 3.8) is 0 Å². The second kappa shape index (κ2) is 16.7. The molecule has 0 atom stereocenters. The largest absolute Gasteiger partial charge is 0.419 e. The molecule has 9 rings (SSSR count). The number of nitrogens with zero attached hydrogens (tertiary/aromatic N) is 2. The molecule has 2 aliphatic heterocycles. The Morgan fingerprint density at radius 2 is 0.547 bits per heavy atom. The van der Waals surface area contributed by atoms with Gasteiger partial charge in [-0.3, -0.25) is 0 Å². The SMILES string of the molecule is O=C1OC2(CCC3(CC2)OC(=O)C(=Cc2ccc(N(c4ccc(F)cc4)c4ccc(F)cc4)cc2)C(=O)O3)OC(=O)C1=Cc1ccc(N(c2ccc(F)cc2)c2ccc(F)cc2)cc1. The molecule has 2 saturated heterocycles. The van der Waals surface area contributed by atoms with E-state index in [0.29, 0.717) is 45.3 Å². The number of ether oxygens (including phenoxy) is 4. The number of rotatable bonds is 8. The summed E-state index contributed by atoms with van der Waals surface area (Å²) in [6.07, 6.45) is 2.13. The molecule has 10 nitrogen and oxygen atoms in total. The minimum atomic E-state index is -1.68. The fourth-order valence-corrected chi connectivity index (χ4v) is 7.79. The lowest BCUT2D eigenvalue weighted by atomic mass is 9.87. The predicted octanol–water partition coefficient (Wildman–Crippen LogP) is 10.8. The summed E-state index contributed by atoms with van der Waals surface area (Å²) in [4.78, 5) is 56.9. The van der Waals surface area contributed by atoms with Crippen LogP contribution < -0.4 is 9.80 Å². The summed E-state index contributed by atoms with van der Waals surface area (Å²) < 4.78 is 77.8. The van der Waals surface area contributed by atoms with Crippen molar-refractivity contribution in [2.24, 2.45) is 0 Å². The molecule has 6 aromatic rings. The van der Waals surface area contributed by atoms with E-state index in [0.717, 1.165) is 0 Å². The van der Waals surface area contributed by atoms with Crippen LogP contribution in [0, 0.1) is 23.3 Å². The minimum Gasteiger partial charge on any atom is -0.419 e. The Hall–Kier alpha value is -8.00. The quantitative estimate of drug-likeness (QED) is 0.0634. The van der Waals surface area contributed by atoms with E-state index in [4.69, 9.17) is 18.9 Å². The van der Waals surface area contributed by atoms with E-state index >= 15 is 0 Å². The zero-order chi connectivity index (χ0) is 44.6. The highest BCUT2D eigenvalue weighted by atomic mass is 19.1. The number of benzene rings is 6. The van der Waals surface area contributed by atoms with Gasteiger partial charge in [0.05, 0.1) is 0 Å². The van der Waals surface area contributed by atoms with Gasteiger partial charge in [0, 0.05) is 59.8 Å². The zero-order valence-electron chi connectivity index (χ0n) is 33.5. The van der Waals surface area contributed by atoms with Crippen molar-refractivity contribution in [2.45, 2.75) is 37.3 Å². The van der Waals surface area contributed by atoms with E-state index in [9.17, 15) is 36.7 Å². The molecule has 0 N–H and O–H groups in total. The molecule has 3 aliphatic rings. The van der Waals surface area contributed by atoms with Gasteiger partial charge in [-0.1, -0.05) is 24.3 Å². The van der Waals surface area contributed by atoms with Gasteiger partial charge in [0.2, 0.25) is 0 Å². The van der Waals surface area contributed by atoms with Gasteiger partial charge in [-0.15, -0.1) is 0 Å². The fraction of sp³-hybridized carbons (Fsp3) is 0.120. The van der Waals surface area contributed by atoms with Crippen molar-refractivity contribution >= 4 is 70.2 Å². The van der Waals surface area contributed by atoms with Crippen LogP contribution in [-0.4, -0.2) is 35.5 Å². The molecule has 1 aliphatic carbocycles. The van der Waals surface area contributed by atoms with Crippen LogP contribution in [-0.2, 0) is 38.1 Å². The zero-order valence-corrected chi connectivity index (χ0v) is 33.5. The Balaban J connectivity index is 0.851. The van der Waals surface area contributed by atoms with Crippen LogP contribution in [0.4, 0.5) is 51.7 Å². The number of hydrogen-bond donors (Lipinski definition) is 0. The topological polar surface area (TPSA) is 112 Å². The van der Waals surface area contributed by atoms with Crippen molar-refractivity contribution in [3.8, 4) is 0 Å². The number of hydrogen-bond acceptors (Lipinski definition) is 10. The van der Waals surface area contributed by atoms with E-state index in [2.05, 4.69) is 0 Å². The molecule has 1 saturated carbocycles. The van der Waals surface area contributed by atoms with Crippen molar-refractivity contribution < 1.29 is 55.7 Å². The molecule has 3 fully saturated rings. The molecule has 320 valence electrons. The minimum absolute atomic E-state index is 0.130. The number of esters is 4. The highest BCUT2D eigenvalue weighted by molar-refractivity contribution is 6.19. The third-order valence-corrected chi connectivity index (χ3v) is 11.0. The van der Waals surface area contributed by atoms with Gasteiger partial charge in [0.25, 0.3) is 11.6 Å². The molecule has 0 bridgehead atoms. The molecule has 0 unspecified atom stereocenters. The van der Waals surface area contributed by atoms with Crippen LogP contribution >= 0.6 is 0 Å². The molecule has 2 spiro atoms. The summed E-state index contributed by atoms with van der Waals surface area (Å²) in [6, 6.07) is 36.6. The standard InChI is InChI=1S/C50H34F4N2O8/c51-33-5-17-39(18-6-33)55(40-19-7-34(52)8-20-40)37-13-1-31(2-14-37)29-43-45(57)61-49(62-46(43)58)25-27-50(28-26-49)63-47(59)44(48(60)64-50)30-32-3-15-38(16-4-32)56(41-21-9-35(53)10-22-41)42-23-11-36(54)12-24-42/h1-24,29-30H,25-28H2. The first-order valence-electron chi connectivity index (χ1n) is 20.0. The van der Waals surface area contributed by atoms with Gasteiger partial charge < -0.3 is 28.7 Å². The Labute approximate surface area is 363 Å². The lowest BCUT2D eigenvalue weighted by Crippen LogP contribution is -2.56. The average Bonchev–Trinajstić information content (AvgIpc) is 3.28. The predicted molar refractivity (Wildman–Crippen MR) is 226 cm³/mol. The summed E-state index contributed by atoms with van der Waals surface area (Å²) in [5.41, 5.74) is 3.88. The molecule has 6 aromatic carbocycles. The van der Waals surface area contributed by atoms with Gasteiger partial charge >= 0.3 is 23.9 Å². The highest BCUT2D eigenvalue weighted by Crippen LogP contribution is 2.46. The molecule has 2 heterocycles. The highest BCUT2D eigenvalue weighted by Gasteiger charge is 2.57. The number of halogens is 4. The number of carbonyl (C=O) groups excluding carboxylic acids is 4. The van der Waals surface area contributed by atoms with Crippen molar-refractivity contribution in [1.82, 2.24) is 0 Å². The lowest BCUT2D eigenvalue weighted by molar-refractivity contribution is -0.291.